The number of nitrogens with one attached hydrogen (secondary N) is 2. The van der Waals surface area contributed by atoms with Crippen molar-refractivity contribution in [1.29, 1.82) is 0 Å². The molecule has 8 heteroatoms. The van der Waals surface area contributed by atoms with E-state index >= 15 is 0 Å². The van der Waals surface area contributed by atoms with Gasteiger partial charge in [0.1, 0.15) is 12.1 Å². The maximum Gasteiger partial charge on any atom is 0.325 e. The lowest BCUT2D eigenvalue weighted by atomic mass is 9.92. The van der Waals surface area contributed by atoms with E-state index in [4.69, 9.17) is 0 Å². The Morgan fingerprint density at radius 3 is 2.47 bits per heavy atom. The zero-order valence-corrected chi connectivity index (χ0v) is 16.7. The lowest BCUT2D eigenvalue weighted by Gasteiger charge is -2.29. The molecule has 2 aliphatic heterocycles. The van der Waals surface area contributed by atoms with Crippen molar-refractivity contribution in [3.63, 3.8) is 0 Å². The minimum atomic E-state index is -1.24. The normalized spacial score (nSPS) is 23.5. The van der Waals surface area contributed by atoms with Crippen LogP contribution >= 0.6 is 0 Å². The van der Waals surface area contributed by atoms with E-state index in [1.54, 1.807) is 62.4 Å². The van der Waals surface area contributed by atoms with Gasteiger partial charge in [-0.05, 0) is 31.5 Å². The molecular weight excluding hydrogens is 384 g/mol. The van der Waals surface area contributed by atoms with Gasteiger partial charge in [0, 0.05) is 12.5 Å². The van der Waals surface area contributed by atoms with E-state index in [9.17, 15) is 19.2 Å². The summed E-state index contributed by atoms with van der Waals surface area (Å²) >= 11 is 0. The van der Waals surface area contributed by atoms with Crippen molar-refractivity contribution in [3.8, 4) is 0 Å². The number of amides is 5. The van der Waals surface area contributed by atoms with Crippen molar-refractivity contribution in [2.24, 2.45) is 0 Å². The van der Waals surface area contributed by atoms with Crippen LogP contribution < -0.4 is 15.5 Å². The fourth-order valence-electron chi connectivity index (χ4n) is 3.99. The molecule has 2 aromatic rings. The van der Waals surface area contributed by atoms with Crippen molar-refractivity contribution in [2.75, 3.05) is 16.8 Å². The lowest BCUT2D eigenvalue weighted by Crippen LogP contribution is -2.47. The van der Waals surface area contributed by atoms with E-state index in [1.165, 1.54) is 4.90 Å². The molecule has 8 nitrogen and oxygen atoms in total. The predicted molar refractivity (Wildman–Crippen MR) is 111 cm³/mol. The van der Waals surface area contributed by atoms with E-state index in [0.717, 1.165) is 4.90 Å². The Hall–Kier alpha value is -3.68. The maximum atomic E-state index is 13.2. The first kappa shape index (κ1) is 19.6. The van der Waals surface area contributed by atoms with Crippen molar-refractivity contribution < 1.29 is 19.2 Å². The summed E-state index contributed by atoms with van der Waals surface area (Å²) in [6.07, 6.45) is 0.113. The smallest absolute Gasteiger partial charge is 0.324 e. The number of carbonyl (C=O) groups excluding carboxylic acids is 4. The highest BCUT2D eigenvalue weighted by Crippen LogP contribution is 2.33. The van der Waals surface area contributed by atoms with Crippen LogP contribution in [0.5, 0.6) is 0 Å². The molecule has 2 aromatic carbocycles. The number of hydrogen-bond donors (Lipinski definition) is 2. The molecule has 0 unspecified atom stereocenters. The van der Waals surface area contributed by atoms with Crippen LogP contribution in [-0.2, 0) is 19.9 Å². The number of para-hydroxylation sites is 2. The summed E-state index contributed by atoms with van der Waals surface area (Å²) < 4.78 is 0. The second-order valence-electron chi connectivity index (χ2n) is 7.69. The van der Waals surface area contributed by atoms with Gasteiger partial charge in [-0.2, -0.15) is 0 Å². The van der Waals surface area contributed by atoms with Gasteiger partial charge in [-0.25, -0.2) is 4.79 Å². The number of anilines is 2. The fourth-order valence-corrected chi connectivity index (χ4v) is 3.99. The van der Waals surface area contributed by atoms with Crippen LogP contribution in [0.3, 0.4) is 0 Å². The molecule has 1 saturated heterocycles. The number of fused-ring (bicyclic) bond motifs is 1. The number of carbonyl (C=O) groups is 4. The van der Waals surface area contributed by atoms with Crippen LogP contribution in [0.15, 0.2) is 54.6 Å². The van der Waals surface area contributed by atoms with Crippen LogP contribution in [0, 0.1) is 0 Å². The zero-order valence-electron chi connectivity index (χ0n) is 16.7. The summed E-state index contributed by atoms with van der Waals surface area (Å²) in [4.78, 5) is 53.5. The van der Waals surface area contributed by atoms with E-state index in [2.05, 4.69) is 10.6 Å². The molecule has 0 spiro atoms. The van der Waals surface area contributed by atoms with Gasteiger partial charge >= 0.3 is 6.03 Å². The molecule has 2 aliphatic rings. The molecule has 154 valence electrons. The largest absolute Gasteiger partial charge is 0.325 e. The number of hydrogen-bond acceptors (Lipinski definition) is 4. The molecule has 4 rings (SSSR count). The lowest BCUT2D eigenvalue weighted by molar-refractivity contribution is -0.134. The first-order valence-electron chi connectivity index (χ1n) is 9.72. The summed E-state index contributed by atoms with van der Waals surface area (Å²) in [7, 11) is 0. The van der Waals surface area contributed by atoms with Crippen LogP contribution in [0.2, 0.25) is 0 Å². The first-order valence-corrected chi connectivity index (χ1v) is 9.72. The fraction of sp³-hybridized carbons (Fsp3) is 0.273. The molecule has 2 N–H and O–H groups in total. The Morgan fingerprint density at radius 2 is 1.73 bits per heavy atom. The van der Waals surface area contributed by atoms with Crippen molar-refractivity contribution >= 4 is 35.1 Å². The Labute approximate surface area is 173 Å². The molecular formula is C22H22N4O4. The van der Waals surface area contributed by atoms with Crippen molar-refractivity contribution in [1.82, 2.24) is 10.2 Å². The molecule has 2 atom stereocenters. The Bertz CT molecular complexity index is 1040. The van der Waals surface area contributed by atoms with Crippen molar-refractivity contribution in [2.45, 2.75) is 31.8 Å². The Morgan fingerprint density at radius 1 is 1.07 bits per heavy atom. The van der Waals surface area contributed by atoms with Crippen LogP contribution in [-0.4, -0.2) is 41.2 Å². The average molecular weight is 406 g/mol. The number of nitrogens with zero attached hydrogens (tertiary/aromatic N) is 2. The van der Waals surface area contributed by atoms with Crippen LogP contribution in [0.4, 0.5) is 16.2 Å². The summed E-state index contributed by atoms with van der Waals surface area (Å²) in [6.45, 7) is 2.97. The first-order chi connectivity index (χ1) is 14.3. The standard InChI is InChI=1S/C22H22N4O4/c1-14-12-18(27)23-16-10-6-7-11-17(16)26(14)19(28)13-25-20(29)22(2,24-21(25)30)15-8-4-3-5-9-15/h3-11,14H,12-13H2,1-2H3,(H,23,27)(H,24,30)/t14-,22+/m1/s1. The van der Waals surface area contributed by atoms with Gasteiger partial charge in [-0.3, -0.25) is 19.3 Å². The monoisotopic (exact) mass is 406 g/mol. The highest BCUT2D eigenvalue weighted by Gasteiger charge is 2.50. The average Bonchev–Trinajstić information content (AvgIpc) is 2.85. The SMILES string of the molecule is C[C@@H]1CC(=O)Nc2ccccc2N1C(=O)CN1C(=O)N[C@@](C)(c2ccccc2)C1=O. The molecule has 5 amide bonds. The second-order valence-corrected chi connectivity index (χ2v) is 7.69. The van der Waals surface area contributed by atoms with E-state index in [0.29, 0.717) is 16.9 Å². The van der Waals surface area contributed by atoms with Gasteiger partial charge in [0.2, 0.25) is 11.8 Å². The third-order valence-corrected chi connectivity index (χ3v) is 5.55. The summed E-state index contributed by atoms with van der Waals surface area (Å²) in [5, 5.41) is 5.50. The number of rotatable bonds is 3. The number of urea groups is 1. The number of benzene rings is 2. The summed E-state index contributed by atoms with van der Waals surface area (Å²) in [5.74, 6) is -1.12. The summed E-state index contributed by atoms with van der Waals surface area (Å²) in [6, 6.07) is 14.8. The van der Waals surface area contributed by atoms with Gasteiger partial charge in [-0.15, -0.1) is 0 Å². The van der Waals surface area contributed by atoms with Gasteiger partial charge < -0.3 is 15.5 Å². The molecule has 30 heavy (non-hydrogen) atoms. The predicted octanol–water partition coefficient (Wildman–Crippen LogP) is 2.22. The quantitative estimate of drug-likeness (QED) is 0.764. The molecule has 0 bridgehead atoms. The minimum Gasteiger partial charge on any atom is -0.324 e. The molecule has 2 heterocycles. The highest BCUT2D eigenvalue weighted by atomic mass is 16.2. The van der Waals surface area contributed by atoms with E-state index < -0.39 is 36.0 Å². The molecule has 0 radical (unpaired) electrons. The van der Waals surface area contributed by atoms with Crippen LogP contribution in [0.1, 0.15) is 25.8 Å². The van der Waals surface area contributed by atoms with Crippen molar-refractivity contribution in [3.05, 3.63) is 60.2 Å². The maximum absolute atomic E-state index is 13.2. The molecule has 0 aliphatic carbocycles. The third kappa shape index (κ3) is 3.20. The van der Waals surface area contributed by atoms with Gasteiger partial charge in [0.15, 0.2) is 0 Å². The van der Waals surface area contributed by atoms with E-state index in [-0.39, 0.29) is 12.3 Å². The Kier molecular flexibility index (Phi) is 4.77. The minimum absolute atomic E-state index is 0.113. The van der Waals surface area contributed by atoms with Crippen LogP contribution in [0.25, 0.3) is 0 Å². The second kappa shape index (κ2) is 7.29. The molecule has 0 saturated carbocycles. The molecule has 0 aromatic heterocycles. The van der Waals surface area contributed by atoms with Gasteiger partial charge in [0.05, 0.1) is 11.4 Å². The van der Waals surface area contributed by atoms with Gasteiger partial charge in [-0.1, -0.05) is 42.5 Å². The van der Waals surface area contributed by atoms with E-state index in [1.807, 2.05) is 6.07 Å². The third-order valence-electron chi connectivity index (χ3n) is 5.55. The number of imide groups is 1. The Balaban J connectivity index is 1.62. The van der Waals surface area contributed by atoms with Gasteiger partial charge in [0.25, 0.3) is 5.91 Å². The highest BCUT2D eigenvalue weighted by molar-refractivity contribution is 6.12. The molecule has 1 fully saturated rings. The zero-order chi connectivity index (χ0) is 21.5. The summed E-state index contributed by atoms with van der Waals surface area (Å²) in [5.41, 5.74) is 0.463. The topological polar surface area (TPSA) is 98.8 Å².